The summed E-state index contributed by atoms with van der Waals surface area (Å²) in [6.45, 7) is 2.54. The van der Waals surface area contributed by atoms with E-state index in [9.17, 15) is 14.0 Å². The Labute approximate surface area is 155 Å². The number of halogens is 1. The number of benzene rings is 1. The van der Waals surface area contributed by atoms with E-state index in [1.54, 1.807) is 6.07 Å². The summed E-state index contributed by atoms with van der Waals surface area (Å²) in [4.78, 5) is 29.1. The largest absolute Gasteiger partial charge is 0.367 e. The molecule has 1 saturated heterocycles. The van der Waals surface area contributed by atoms with Crippen molar-refractivity contribution in [1.82, 2.24) is 14.5 Å². The molecule has 2 N–H and O–H groups in total. The van der Waals surface area contributed by atoms with E-state index in [-0.39, 0.29) is 24.0 Å². The molecule has 0 spiro atoms. The Balaban J connectivity index is 1.74. The highest BCUT2D eigenvalue weighted by molar-refractivity contribution is 6.11. The highest BCUT2D eigenvalue weighted by atomic mass is 19.1. The van der Waals surface area contributed by atoms with Crippen molar-refractivity contribution in [3.63, 3.8) is 0 Å². The number of aromatic nitrogens is 2. The number of nitrogens with one attached hydrogen (secondary N) is 2. The van der Waals surface area contributed by atoms with Crippen molar-refractivity contribution in [1.29, 1.82) is 0 Å². The van der Waals surface area contributed by atoms with Gasteiger partial charge < -0.3 is 10.6 Å². The summed E-state index contributed by atoms with van der Waals surface area (Å²) in [6.07, 6.45) is 1.99. The van der Waals surface area contributed by atoms with Crippen LogP contribution in [0.1, 0.15) is 24.0 Å². The molecular formula is C19H22FN5O2. The molecule has 1 unspecified atom stereocenters. The van der Waals surface area contributed by atoms with Gasteiger partial charge in [0.2, 0.25) is 0 Å². The standard InChI is InChI=1S/C19H22FN5O2/c1-24-18(26)8-17(23-14-3-2-6-21-9-14)25(19(24)27)11-12-7-13(20)4-5-15(12)16-10-22-16/h4-5,7-8,14,21,23H,2-3,6,9-11H2,1H3. The molecule has 2 aliphatic rings. The van der Waals surface area contributed by atoms with Crippen LogP contribution in [0, 0.1) is 5.82 Å². The Morgan fingerprint density at radius 2 is 2.15 bits per heavy atom. The molecule has 0 aliphatic carbocycles. The molecule has 2 aromatic rings. The van der Waals surface area contributed by atoms with Crippen LogP contribution in [0.3, 0.4) is 0 Å². The van der Waals surface area contributed by atoms with Crippen molar-refractivity contribution in [3.8, 4) is 0 Å². The summed E-state index contributed by atoms with van der Waals surface area (Å²) in [7, 11) is 1.45. The fourth-order valence-electron chi connectivity index (χ4n) is 3.48. The lowest BCUT2D eigenvalue weighted by atomic mass is 10.0. The third-order valence-electron chi connectivity index (χ3n) is 5.07. The van der Waals surface area contributed by atoms with Crippen LogP contribution >= 0.6 is 0 Å². The number of nitrogens with zero attached hydrogens (tertiary/aromatic N) is 3. The van der Waals surface area contributed by atoms with Gasteiger partial charge >= 0.3 is 5.69 Å². The first kappa shape index (κ1) is 17.7. The minimum atomic E-state index is -0.429. The van der Waals surface area contributed by atoms with Gasteiger partial charge in [0.25, 0.3) is 5.56 Å². The van der Waals surface area contributed by atoms with E-state index in [0.29, 0.717) is 17.9 Å². The summed E-state index contributed by atoms with van der Waals surface area (Å²) >= 11 is 0. The van der Waals surface area contributed by atoms with Crippen LogP contribution in [0.25, 0.3) is 0 Å². The van der Waals surface area contributed by atoms with Crippen LogP contribution in [0.2, 0.25) is 0 Å². The van der Waals surface area contributed by atoms with Gasteiger partial charge in [0.15, 0.2) is 0 Å². The quantitative estimate of drug-likeness (QED) is 0.811. The monoisotopic (exact) mass is 371 g/mol. The Morgan fingerprint density at radius 1 is 1.33 bits per heavy atom. The van der Waals surface area contributed by atoms with E-state index in [1.807, 2.05) is 0 Å². The predicted molar refractivity (Wildman–Crippen MR) is 102 cm³/mol. The molecule has 1 fully saturated rings. The molecule has 0 radical (unpaired) electrons. The molecular weight excluding hydrogens is 349 g/mol. The molecule has 27 heavy (non-hydrogen) atoms. The SMILES string of the molecule is Cn1c(=O)cc(NC2CCCNC2)n(Cc2cc(F)ccc2C2=NC2)c1=O. The van der Waals surface area contributed by atoms with Crippen LogP contribution in [0.4, 0.5) is 10.2 Å². The van der Waals surface area contributed by atoms with Crippen LogP contribution < -0.4 is 21.9 Å². The fraction of sp³-hybridized carbons (Fsp3) is 0.421. The van der Waals surface area contributed by atoms with E-state index in [4.69, 9.17) is 0 Å². The smallest absolute Gasteiger partial charge is 0.332 e. The van der Waals surface area contributed by atoms with E-state index < -0.39 is 5.69 Å². The predicted octanol–water partition coefficient (Wildman–Crippen LogP) is 0.701. The number of aliphatic imine (C=N–C) groups is 1. The van der Waals surface area contributed by atoms with Gasteiger partial charge in [-0.3, -0.25) is 18.9 Å². The van der Waals surface area contributed by atoms with Gasteiger partial charge in [-0.25, -0.2) is 9.18 Å². The van der Waals surface area contributed by atoms with Crippen LogP contribution in [0.15, 0.2) is 38.8 Å². The van der Waals surface area contributed by atoms with Crippen molar-refractivity contribution in [3.05, 3.63) is 62.0 Å². The molecule has 1 aromatic heterocycles. The molecule has 1 atom stereocenters. The van der Waals surface area contributed by atoms with Crippen molar-refractivity contribution >= 4 is 11.5 Å². The van der Waals surface area contributed by atoms with Gasteiger partial charge in [0, 0.05) is 31.3 Å². The molecule has 3 heterocycles. The normalized spacial score (nSPS) is 18.9. The summed E-state index contributed by atoms with van der Waals surface area (Å²) in [5.41, 5.74) is 1.64. The lowest BCUT2D eigenvalue weighted by Gasteiger charge is -2.26. The zero-order chi connectivity index (χ0) is 19.0. The Bertz CT molecular complexity index is 1020. The van der Waals surface area contributed by atoms with Crippen molar-refractivity contribution < 1.29 is 4.39 Å². The maximum atomic E-state index is 13.8. The number of piperidine rings is 1. The molecule has 142 valence electrons. The van der Waals surface area contributed by atoms with E-state index in [1.165, 1.54) is 29.8 Å². The molecule has 0 saturated carbocycles. The number of hydrogen-bond acceptors (Lipinski definition) is 5. The van der Waals surface area contributed by atoms with E-state index in [0.717, 1.165) is 41.8 Å². The third-order valence-corrected chi connectivity index (χ3v) is 5.07. The minimum Gasteiger partial charge on any atom is -0.367 e. The van der Waals surface area contributed by atoms with E-state index in [2.05, 4.69) is 15.6 Å². The summed E-state index contributed by atoms with van der Waals surface area (Å²) < 4.78 is 16.4. The van der Waals surface area contributed by atoms with Gasteiger partial charge in [-0.1, -0.05) is 0 Å². The molecule has 1 aromatic carbocycles. The zero-order valence-corrected chi connectivity index (χ0v) is 15.2. The summed E-state index contributed by atoms with van der Waals surface area (Å²) in [5.74, 6) is 0.101. The van der Waals surface area contributed by atoms with Gasteiger partial charge in [0.1, 0.15) is 11.6 Å². The van der Waals surface area contributed by atoms with Crippen LogP contribution in [-0.2, 0) is 13.6 Å². The van der Waals surface area contributed by atoms with Gasteiger partial charge in [-0.2, -0.15) is 0 Å². The summed E-state index contributed by atoms with van der Waals surface area (Å²) in [6, 6.07) is 6.09. The first-order valence-electron chi connectivity index (χ1n) is 9.13. The lowest BCUT2D eigenvalue weighted by Crippen LogP contribution is -2.43. The Morgan fingerprint density at radius 3 is 2.85 bits per heavy atom. The maximum absolute atomic E-state index is 13.8. The maximum Gasteiger partial charge on any atom is 0.332 e. The second-order valence-electron chi connectivity index (χ2n) is 7.05. The second-order valence-corrected chi connectivity index (χ2v) is 7.05. The molecule has 2 aliphatic heterocycles. The van der Waals surface area contributed by atoms with Crippen molar-refractivity contribution in [2.45, 2.75) is 25.4 Å². The molecule has 0 amide bonds. The van der Waals surface area contributed by atoms with E-state index >= 15 is 0 Å². The zero-order valence-electron chi connectivity index (χ0n) is 15.2. The topological polar surface area (TPSA) is 80.4 Å². The number of rotatable bonds is 5. The van der Waals surface area contributed by atoms with Crippen LogP contribution in [-0.4, -0.2) is 40.5 Å². The lowest BCUT2D eigenvalue weighted by molar-refractivity contribution is 0.475. The molecule has 8 heteroatoms. The number of anilines is 1. The molecule has 4 rings (SSSR count). The van der Waals surface area contributed by atoms with Gasteiger partial charge in [-0.05, 0) is 43.1 Å². The Hall–Kier alpha value is -2.74. The van der Waals surface area contributed by atoms with Crippen molar-refractivity contribution in [2.24, 2.45) is 12.0 Å². The second kappa shape index (κ2) is 7.11. The van der Waals surface area contributed by atoms with Crippen molar-refractivity contribution in [2.75, 3.05) is 25.0 Å². The minimum absolute atomic E-state index is 0.135. The molecule has 0 bridgehead atoms. The van der Waals surface area contributed by atoms with Gasteiger partial charge in [0.05, 0.1) is 18.8 Å². The highest BCUT2D eigenvalue weighted by Crippen LogP contribution is 2.20. The Kier molecular flexibility index (Phi) is 4.65. The summed E-state index contributed by atoms with van der Waals surface area (Å²) in [5, 5.41) is 6.63. The first-order valence-corrected chi connectivity index (χ1v) is 9.13. The third kappa shape index (κ3) is 3.71. The average Bonchev–Trinajstić information content (AvgIpc) is 3.49. The molecule has 7 nitrogen and oxygen atoms in total. The van der Waals surface area contributed by atoms with Crippen LogP contribution in [0.5, 0.6) is 0 Å². The highest BCUT2D eigenvalue weighted by Gasteiger charge is 2.20. The van der Waals surface area contributed by atoms with Gasteiger partial charge in [-0.15, -0.1) is 0 Å². The average molecular weight is 371 g/mol. The fourth-order valence-corrected chi connectivity index (χ4v) is 3.48. The number of hydrogen-bond donors (Lipinski definition) is 2. The first-order chi connectivity index (χ1) is 13.0.